The number of nitrogens with zero attached hydrogens (tertiary/aromatic N) is 9. The number of amides is 3. The van der Waals surface area contributed by atoms with E-state index in [1.165, 1.54) is 33.4 Å². The molecule has 9 aliphatic heterocycles. The summed E-state index contributed by atoms with van der Waals surface area (Å²) in [4.78, 5) is 69.4. The van der Waals surface area contributed by atoms with Crippen molar-refractivity contribution < 1.29 is 69.6 Å². The summed E-state index contributed by atoms with van der Waals surface area (Å²) in [6.07, 6.45) is 30.2. The molecule has 147 heavy (non-hydrogen) atoms. The normalized spacial score (nSPS) is 37.2. The Morgan fingerprint density at radius 2 is 0.646 bits per heavy atom. The number of likely N-dealkylation sites (N-methyl/N-ethyl adjacent to an activating group) is 3. The van der Waals surface area contributed by atoms with Gasteiger partial charge in [0, 0.05) is 104 Å². The van der Waals surface area contributed by atoms with Crippen LogP contribution < -0.4 is 43.1 Å². The summed E-state index contributed by atoms with van der Waals surface area (Å²) in [6.45, 7) is 21.6. The number of rotatable bonds is 6. The molecule has 15 aliphatic rings. The molecule has 0 radical (unpaired) electrons. The molecule has 27 nitrogen and oxygen atoms in total. The fraction of sp³-hybridized carbons (Fsp3) is 0.605. The number of aromatic nitrogens is 3. The highest BCUT2D eigenvalue weighted by molar-refractivity contribution is 8.00. The summed E-state index contributed by atoms with van der Waals surface area (Å²) in [5.74, 6) is 17.0. The Kier molecular flexibility index (Phi) is 32.7. The predicted molar refractivity (Wildman–Crippen MR) is 588 cm³/mol. The minimum Gasteiger partial charge on any atom is -0.489 e. The Balaban J connectivity index is 0.000000139. The Morgan fingerprint density at radius 3 is 0.891 bits per heavy atom. The van der Waals surface area contributed by atoms with Gasteiger partial charge in [-0.25, -0.2) is 27.6 Å². The van der Waals surface area contributed by atoms with Gasteiger partial charge in [0.25, 0.3) is 17.7 Å². The highest BCUT2D eigenvalue weighted by Gasteiger charge is 2.53. The maximum absolute atomic E-state index is 13.9. The number of carbonyl (C=O) groups excluding carboxylic acids is 3. The number of halogens is 3. The molecule has 21 atom stereocenters. The van der Waals surface area contributed by atoms with Gasteiger partial charge in [0.05, 0.1) is 107 Å². The van der Waals surface area contributed by atoms with Crippen LogP contribution in [-0.4, -0.2) is 271 Å². The molecule has 12 heterocycles. The molecule has 21 rings (SSSR count). The predicted octanol–water partition coefficient (Wildman–Crippen LogP) is 16.5. The minimum atomic E-state index is -2.98. The number of aryl methyl sites for hydroxylation is 3. The third kappa shape index (κ3) is 22.9. The van der Waals surface area contributed by atoms with Gasteiger partial charge >= 0.3 is 0 Å². The largest absolute Gasteiger partial charge is 0.489 e. The SMILES string of the molecule is C=S1(=O)NC(=O)c2ccc3c(n2)N(C[C@@H]2CC[C@H]2[C@@H](C2OCC(N(C)C)CO2)/C=C/C[C@H](C)[C@H]1C)C[C@@]1(CCCc2cc(Cl)ccc21)CO3.C=S1(=O)NC(=O)c2ccc3c(n2)N(C[C@@H]2CC[C@H]2[C@H](C2OCC(N(C)C)CO2)/C=C/C[C@H](C)[C@H]1C)C[C@@]1(CCCc2cc(Cl)ccc21)CO3.C=S1(=O)NC(=O)c2ccc3c(n2)N(C[C@@H]2CC[C@H]2[C@H](C2OCC(N(C)C)CO2)/C=C/C[C@H](C)[C@H]1C)C[C@@]1(CCCc2cc(Cl)ccc21)CO3. The van der Waals surface area contributed by atoms with Gasteiger partial charge in [-0.15, -0.1) is 0 Å². The first-order valence-electron chi connectivity index (χ1n) is 53.6. The van der Waals surface area contributed by atoms with Crippen LogP contribution in [0.2, 0.25) is 15.1 Å². The molecule has 3 spiro atoms. The second-order valence-corrected chi connectivity index (χ2v) is 54.6. The van der Waals surface area contributed by atoms with Crippen molar-refractivity contribution in [2.24, 2.45) is 71.0 Å². The number of hydrogen-bond acceptors (Lipinski definition) is 24. The highest BCUT2D eigenvalue weighted by atomic mass is 35.5. The van der Waals surface area contributed by atoms with Gasteiger partial charge < -0.3 is 72.0 Å². The average molecular weight is 2130 g/mol. The van der Waals surface area contributed by atoms with Crippen LogP contribution >= 0.6 is 34.8 Å². The maximum atomic E-state index is 13.9. The average Bonchev–Trinajstić information content (AvgIpc) is 1.67. The molecule has 6 aliphatic carbocycles. The number of anilines is 3. The van der Waals surface area contributed by atoms with Gasteiger partial charge in [-0.2, -0.15) is 0 Å². The first kappa shape index (κ1) is 107. The number of pyridine rings is 3. The Morgan fingerprint density at radius 1 is 0.381 bits per heavy atom. The van der Waals surface area contributed by atoms with E-state index in [2.05, 4.69) is 197 Å². The van der Waals surface area contributed by atoms with E-state index >= 15 is 0 Å². The van der Waals surface area contributed by atoms with E-state index < -0.39 is 46.8 Å². The summed E-state index contributed by atoms with van der Waals surface area (Å²) in [7, 11) is 3.44. The van der Waals surface area contributed by atoms with Crippen molar-refractivity contribution >= 4 is 117 Å². The van der Waals surface area contributed by atoms with Crippen LogP contribution in [0.15, 0.2) is 127 Å². The van der Waals surface area contributed by atoms with Crippen molar-refractivity contribution in [3.8, 4) is 17.2 Å². The summed E-state index contributed by atoms with van der Waals surface area (Å²) < 4.78 is 109. The maximum Gasteiger partial charge on any atom is 0.281 e. The van der Waals surface area contributed by atoms with Gasteiger partial charge in [-0.05, 0) is 356 Å². The molecule has 3 aromatic heterocycles. The van der Waals surface area contributed by atoms with Crippen LogP contribution in [-0.2, 0) is 93.1 Å². The summed E-state index contributed by atoms with van der Waals surface area (Å²) in [5, 5.41) is 1.19. The molecule has 6 aromatic rings. The van der Waals surface area contributed by atoms with Gasteiger partial charge in [0.2, 0.25) is 0 Å². The van der Waals surface area contributed by atoms with Gasteiger partial charge in [0.15, 0.2) is 53.6 Å². The zero-order valence-electron chi connectivity index (χ0n) is 87.7. The van der Waals surface area contributed by atoms with E-state index in [1.54, 1.807) is 18.2 Å². The van der Waals surface area contributed by atoms with Gasteiger partial charge in [-0.3, -0.25) is 28.5 Å². The lowest BCUT2D eigenvalue weighted by Gasteiger charge is -2.48. The van der Waals surface area contributed by atoms with E-state index in [0.717, 1.165) is 131 Å². The minimum absolute atomic E-state index is 0.0203. The number of allylic oxidation sites excluding steroid dienone is 3. The number of ether oxygens (including phenoxy) is 9. The van der Waals surface area contributed by atoms with Crippen LogP contribution in [0.5, 0.6) is 17.2 Å². The van der Waals surface area contributed by atoms with Crippen LogP contribution in [0, 0.1) is 71.0 Å². The fourth-order valence-electron chi connectivity index (χ4n) is 25.5. The first-order chi connectivity index (χ1) is 70.3. The highest BCUT2D eigenvalue weighted by Crippen LogP contribution is 2.54. The number of carbonyl (C=O) groups is 3. The van der Waals surface area contributed by atoms with Gasteiger partial charge in [0.1, 0.15) is 17.1 Å². The van der Waals surface area contributed by atoms with Crippen LogP contribution in [0.1, 0.15) is 203 Å². The van der Waals surface area contributed by atoms with E-state index in [1.807, 2.05) is 57.2 Å². The lowest BCUT2D eigenvalue weighted by molar-refractivity contribution is -0.230. The van der Waals surface area contributed by atoms with Crippen LogP contribution in [0.3, 0.4) is 0 Å². The van der Waals surface area contributed by atoms with E-state index in [9.17, 15) is 27.0 Å². The summed E-state index contributed by atoms with van der Waals surface area (Å²) >= 11 is 19.4. The molecule has 6 fully saturated rings. The molecule has 3 N–H and O–H groups in total. The molecule has 33 heteroatoms. The number of nitrogens with one attached hydrogen (secondary N) is 3. The Labute approximate surface area is 886 Å². The molecular weight excluding hydrogens is 1980 g/mol. The molecule has 3 saturated heterocycles. The quantitative estimate of drug-likeness (QED) is 0.103. The van der Waals surface area contributed by atoms with Crippen molar-refractivity contribution in [1.82, 2.24) is 43.8 Å². The van der Waals surface area contributed by atoms with Crippen molar-refractivity contribution in [3.05, 3.63) is 193 Å². The summed E-state index contributed by atoms with van der Waals surface area (Å²) in [5.41, 5.74) is 7.54. The van der Waals surface area contributed by atoms with E-state index in [4.69, 9.17) is 92.4 Å². The van der Waals surface area contributed by atoms with Crippen LogP contribution in [0.4, 0.5) is 17.5 Å². The second kappa shape index (κ2) is 44.7. The third-order valence-corrected chi connectivity index (χ3v) is 43.4. The summed E-state index contributed by atoms with van der Waals surface area (Å²) in [6, 6.07) is 30.1. The van der Waals surface area contributed by atoms with Crippen molar-refractivity contribution in [2.75, 3.05) is 156 Å². The Bertz CT molecular complexity index is 5660. The first-order valence-corrected chi connectivity index (χ1v) is 60.1. The topological polar surface area (TPSA) is 280 Å². The Hall–Kier alpha value is -7.89. The van der Waals surface area contributed by atoms with Crippen molar-refractivity contribution in [3.63, 3.8) is 0 Å². The third-order valence-electron chi connectivity index (χ3n) is 36.1. The molecule has 3 unspecified atom stereocenters. The van der Waals surface area contributed by atoms with Crippen molar-refractivity contribution in [2.45, 2.75) is 226 Å². The molecule has 3 saturated carbocycles. The lowest BCUT2D eigenvalue weighted by Crippen LogP contribution is -2.52. The van der Waals surface area contributed by atoms with Gasteiger partial charge in [-0.1, -0.05) is 110 Å². The second-order valence-electron chi connectivity index (χ2n) is 46.1. The zero-order valence-corrected chi connectivity index (χ0v) is 92.4. The smallest absolute Gasteiger partial charge is 0.281 e. The monoisotopic (exact) mass is 2130 g/mol. The number of fused-ring (bicyclic) bond motifs is 12. The van der Waals surface area contributed by atoms with E-state index in [0.29, 0.717) is 169 Å². The molecule has 6 bridgehead atoms. The standard InChI is InChI=1S/3C38H51ClN4O5S/c3*1-24-8-6-10-31(37-46-20-29(21-47-37)42(3)4)30-13-11-27(30)19-43-22-38(17-7-9-26-18-28(39)12-14-32(26)38)23-48-34-16-15-33(40-35(34)43)36(44)41-49(5,45)25(24)2/h3*6,10,12,14-16,18,24-25,27,29-31,37H,5,7-9,11,13,17,19-23H2,1-4H3,(H,41,44,45)/b3*10-6+/t2*24-,25+,27-,29?,30+,31+,37?,38-,49?;24-,25+,27-,29?,30+,31-,37?,38-,49?/m000/s1. The fourth-order valence-corrected chi connectivity index (χ4v) is 30.5. The number of hydrogen-bond donors (Lipinski definition) is 3. The van der Waals surface area contributed by atoms with Crippen molar-refractivity contribution in [1.29, 1.82) is 0 Å². The zero-order chi connectivity index (χ0) is 104. The lowest BCUT2D eigenvalue weighted by atomic mass is 9.65. The molecule has 798 valence electrons. The van der Waals surface area contributed by atoms with E-state index in [-0.39, 0.29) is 122 Å². The van der Waals surface area contributed by atoms with Crippen LogP contribution in [0.25, 0.3) is 0 Å². The molecular formula is C114H153Cl3N12O15S3. The molecule has 3 amide bonds. The molecule has 3 aromatic carbocycles. The number of benzene rings is 3.